The minimum atomic E-state index is -4.51. The zero-order chi connectivity index (χ0) is 15.7. The second-order valence-electron chi connectivity index (χ2n) is 5.19. The summed E-state index contributed by atoms with van der Waals surface area (Å²) in [5.74, 6) is -1.08. The maximum Gasteiger partial charge on any atom is 0.451 e. The van der Waals surface area contributed by atoms with Crippen LogP contribution in [-0.4, -0.2) is 21.4 Å². The van der Waals surface area contributed by atoms with Crippen LogP contribution < -0.4 is 4.73 Å². The van der Waals surface area contributed by atoms with Crippen LogP contribution in [0.4, 0.5) is 13.2 Å². The van der Waals surface area contributed by atoms with Gasteiger partial charge in [-0.3, -0.25) is 4.90 Å². The van der Waals surface area contributed by atoms with Crippen LogP contribution >= 0.6 is 0 Å². The molecule has 0 bridgehead atoms. The summed E-state index contributed by atoms with van der Waals surface area (Å²) in [5, 5.41) is 11.0. The minimum Gasteiger partial charge on any atom is -0.619 e. The van der Waals surface area contributed by atoms with Crippen molar-refractivity contribution in [3.63, 3.8) is 0 Å². The van der Waals surface area contributed by atoms with E-state index in [4.69, 9.17) is 0 Å². The maximum absolute atomic E-state index is 12.6. The summed E-state index contributed by atoms with van der Waals surface area (Å²) in [6.07, 6.45) is 0.0467. The molecule has 2 aromatic heterocycles. The van der Waals surface area contributed by atoms with Crippen molar-refractivity contribution in [1.82, 2.24) is 14.9 Å². The molecule has 0 aliphatic carbocycles. The number of hydrogen-bond donors (Lipinski definition) is 0. The van der Waals surface area contributed by atoms with Crippen molar-refractivity contribution >= 4 is 0 Å². The summed E-state index contributed by atoms with van der Waals surface area (Å²) in [6, 6.07) is 3.46. The lowest BCUT2D eigenvalue weighted by atomic mass is 10.1. The fourth-order valence-corrected chi connectivity index (χ4v) is 2.45. The van der Waals surface area contributed by atoms with Gasteiger partial charge in [-0.1, -0.05) is 0 Å². The van der Waals surface area contributed by atoms with E-state index in [1.165, 1.54) is 18.6 Å². The molecule has 3 rings (SSSR count). The molecular formula is C14H13F3N4O. The molecule has 0 radical (unpaired) electrons. The standard InChI is InChI=1S/C14H13F3N4O/c15-14(16,17)13-18-7-11-9-20(4-3-12(11)19-13)8-10-1-5-21(22)6-2-10/h1-2,5-7H,3-4,8-9H2. The second-order valence-corrected chi connectivity index (χ2v) is 5.19. The van der Waals surface area contributed by atoms with Crippen molar-refractivity contribution in [3.05, 3.63) is 58.6 Å². The third-order valence-corrected chi connectivity index (χ3v) is 3.54. The lowest BCUT2D eigenvalue weighted by Crippen LogP contribution is -2.32. The fraction of sp³-hybridized carbons (Fsp3) is 0.357. The lowest BCUT2D eigenvalue weighted by molar-refractivity contribution is -0.605. The summed E-state index contributed by atoms with van der Waals surface area (Å²) in [5.41, 5.74) is 2.15. The average molecular weight is 310 g/mol. The van der Waals surface area contributed by atoms with E-state index in [0.29, 0.717) is 42.0 Å². The molecule has 0 atom stereocenters. The first-order chi connectivity index (χ1) is 10.4. The molecule has 0 aromatic carbocycles. The highest BCUT2D eigenvalue weighted by atomic mass is 19.4. The van der Waals surface area contributed by atoms with Gasteiger partial charge in [0.2, 0.25) is 5.82 Å². The zero-order valence-electron chi connectivity index (χ0n) is 11.5. The molecule has 0 saturated heterocycles. The monoisotopic (exact) mass is 310 g/mol. The Bertz CT molecular complexity index is 673. The van der Waals surface area contributed by atoms with Gasteiger partial charge < -0.3 is 5.21 Å². The summed E-state index contributed by atoms with van der Waals surface area (Å²) in [6.45, 7) is 1.74. The van der Waals surface area contributed by atoms with Crippen molar-refractivity contribution < 1.29 is 17.9 Å². The van der Waals surface area contributed by atoms with Crippen molar-refractivity contribution in [3.8, 4) is 0 Å². The highest BCUT2D eigenvalue weighted by molar-refractivity contribution is 5.21. The van der Waals surface area contributed by atoms with Crippen LogP contribution in [0.1, 0.15) is 22.6 Å². The Kier molecular flexibility index (Phi) is 3.69. The van der Waals surface area contributed by atoms with Crippen molar-refractivity contribution in [2.24, 2.45) is 0 Å². The molecule has 1 aliphatic heterocycles. The number of hydrogen-bond acceptors (Lipinski definition) is 4. The molecule has 0 spiro atoms. The van der Waals surface area contributed by atoms with Gasteiger partial charge in [-0.05, 0) is 5.56 Å². The molecule has 116 valence electrons. The molecule has 3 heterocycles. The topological polar surface area (TPSA) is 56.0 Å². The van der Waals surface area contributed by atoms with Crippen LogP contribution in [0.2, 0.25) is 0 Å². The van der Waals surface area contributed by atoms with Crippen molar-refractivity contribution in [1.29, 1.82) is 0 Å². The Labute approximate surface area is 124 Å². The van der Waals surface area contributed by atoms with E-state index in [2.05, 4.69) is 14.9 Å². The van der Waals surface area contributed by atoms with E-state index >= 15 is 0 Å². The predicted octanol–water partition coefficient (Wildman–Crippen LogP) is 1.69. The zero-order valence-corrected chi connectivity index (χ0v) is 11.5. The molecular weight excluding hydrogens is 297 g/mol. The first-order valence-corrected chi connectivity index (χ1v) is 6.74. The summed E-state index contributed by atoms with van der Waals surface area (Å²) in [4.78, 5) is 9.13. The van der Waals surface area contributed by atoms with E-state index < -0.39 is 12.0 Å². The summed E-state index contributed by atoms with van der Waals surface area (Å²) >= 11 is 0. The molecule has 0 saturated carbocycles. The van der Waals surface area contributed by atoms with E-state index in [1.807, 2.05) is 0 Å². The van der Waals surface area contributed by atoms with Gasteiger partial charge in [0.15, 0.2) is 12.4 Å². The number of aromatic nitrogens is 3. The maximum atomic E-state index is 12.6. The third kappa shape index (κ3) is 3.16. The Morgan fingerprint density at radius 1 is 1.27 bits per heavy atom. The SMILES string of the molecule is [O-][n+]1ccc(CN2CCc3nc(C(F)(F)F)ncc3C2)cc1. The number of halogens is 3. The van der Waals surface area contributed by atoms with Gasteiger partial charge in [-0.15, -0.1) is 0 Å². The number of fused-ring (bicyclic) bond motifs is 1. The third-order valence-electron chi connectivity index (χ3n) is 3.54. The Morgan fingerprint density at radius 2 is 2.00 bits per heavy atom. The second kappa shape index (κ2) is 5.53. The molecule has 0 N–H and O–H groups in total. The molecule has 0 fully saturated rings. The van der Waals surface area contributed by atoms with Gasteiger partial charge in [0.25, 0.3) is 0 Å². The van der Waals surface area contributed by atoms with Crippen LogP contribution in [0, 0.1) is 5.21 Å². The largest absolute Gasteiger partial charge is 0.619 e. The fourth-order valence-electron chi connectivity index (χ4n) is 2.45. The molecule has 22 heavy (non-hydrogen) atoms. The number of pyridine rings is 1. The number of alkyl halides is 3. The van der Waals surface area contributed by atoms with E-state index in [-0.39, 0.29) is 0 Å². The summed E-state index contributed by atoms with van der Waals surface area (Å²) in [7, 11) is 0. The van der Waals surface area contributed by atoms with E-state index in [9.17, 15) is 18.4 Å². The van der Waals surface area contributed by atoms with Gasteiger partial charge in [0.05, 0.1) is 5.69 Å². The van der Waals surface area contributed by atoms with Gasteiger partial charge >= 0.3 is 6.18 Å². The molecule has 8 heteroatoms. The highest BCUT2D eigenvalue weighted by Gasteiger charge is 2.35. The average Bonchev–Trinajstić information content (AvgIpc) is 2.48. The molecule has 1 aliphatic rings. The van der Waals surface area contributed by atoms with Crippen molar-refractivity contribution in [2.45, 2.75) is 25.7 Å². The van der Waals surface area contributed by atoms with Gasteiger partial charge in [-0.2, -0.15) is 17.9 Å². The Morgan fingerprint density at radius 3 is 2.68 bits per heavy atom. The lowest BCUT2D eigenvalue weighted by Gasteiger charge is -2.28. The number of rotatable bonds is 2. The normalized spacial score (nSPS) is 15.6. The Balaban J connectivity index is 1.73. The summed E-state index contributed by atoms with van der Waals surface area (Å²) < 4.78 is 38.5. The number of nitrogens with zero attached hydrogens (tertiary/aromatic N) is 4. The van der Waals surface area contributed by atoms with Crippen LogP contribution in [0.25, 0.3) is 0 Å². The highest BCUT2D eigenvalue weighted by Crippen LogP contribution is 2.27. The molecule has 2 aromatic rings. The smallest absolute Gasteiger partial charge is 0.451 e. The van der Waals surface area contributed by atoms with Crippen molar-refractivity contribution in [2.75, 3.05) is 6.54 Å². The minimum absolute atomic E-state index is 0.454. The van der Waals surface area contributed by atoms with Crippen LogP contribution in [0.3, 0.4) is 0 Å². The van der Waals surface area contributed by atoms with Gasteiger partial charge in [-0.25, -0.2) is 9.97 Å². The van der Waals surface area contributed by atoms with E-state index in [0.717, 1.165) is 5.56 Å². The Hall–Kier alpha value is -2.22. The predicted molar refractivity (Wildman–Crippen MR) is 70.3 cm³/mol. The van der Waals surface area contributed by atoms with Crippen LogP contribution in [0.15, 0.2) is 30.7 Å². The van der Waals surface area contributed by atoms with Gasteiger partial charge in [0.1, 0.15) is 0 Å². The quantitative estimate of drug-likeness (QED) is 0.626. The van der Waals surface area contributed by atoms with E-state index in [1.54, 1.807) is 12.1 Å². The molecule has 0 unspecified atom stereocenters. The van der Waals surface area contributed by atoms with Crippen LogP contribution in [-0.2, 0) is 25.7 Å². The first kappa shape index (κ1) is 14.7. The molecule has 0 amide bonds. The van der Waals surface area contributed by atoms with Gasteiger partial charge in [0, 0.05) is 49.9 Å². The molecule has 5 nitrogen and oxygen atoms in total. The van der Waals surface area contributed by atoms with Crippen LogP contribution in [0.5, 0.6) is 0 Å². The first-order valence-electron chi connectivity index (χ1n) is 6.74.